The minimum atomic E-state index is -0.367. The number of halogens is 1. The van der Waals surface area contributed by atoms with Crippen molar-refractivity contribution in [2.75, 3.05) is 26.2 Å². The minimum absolute atomic E-state index is 0.0198. The number of quaternary nitrogens is 1. The highest BCUT2D eigenvalue weighted by molar-refractivity contribution is 7.10. The van der Waals surface area contributed by atoms with Crippen LogP contribution in [0.3, 0.4) is 0 Å². The molecule has 2 aromatic carbocycles. The molecule has 6 heteroatoms. The summed E-state index contributed by atoms with van der Waals surface area (Å²) in [6.45, 7) is 4.80. The Balaban J connectivity index is 1.14. The molecule has 4 heterocycles. The van der Waals surface area contributed by atoms with E-state index in [1.165, 1.54) is 36.1 Å². The standard InChI is InChI=1S/C28H31FN2O2S/c29-25-11-5-4-10-23(25)24-14-18-34-27(24)19-30-28(32)33-26-20-31(16-12-22(26)13-17-31)15-6-9-21-7-2-1-3-8-21/h1-5,7-8,10-11,14,18,22,26H,6,9,12-13,15-17,19-20H2/p+1. The zero-order valence-electron chi connectivity index (χ0n) is 19.4. The number of alkyl carbamates (subject to hydrolysis) is 1. The molecule has 34 heavy (non-hydrogen) atoms. The first-order valence-electron chi connectivity index (χ1n) is 12.3. The van der Waals surface area contributed by atoms with E-state index in [2.05, 4.69) is 35.6 Å². The van der Waals surface area contributed by atoms with Crippen LogP contribution in [0.25, 0.3) is 11.1 Å². The number of carbonyl (C=O) groups is 1. The van der Waals surface area contributed by atoms with Gasteiger partial charge in [-0.2, -0.15) is 0 Å². The van der Waals surface area contributed by atoms with Crippen LogP contribution in [0, 0.1) is 11.7 Å². The molecule has 3 saturated heterocycles. The van der Waals surface area contributed by atoms with Gasteiger partial charge in [0.15, 0.2) is 6.10 Å². The van der Waals surface area contributed by atoms with Crippen molar-refractivity contribution >= 4 is 17.4 Å². The first-order chi connectivity index (χ1) is 16.6. The molecular weight excluding hydrogens is 447 g/mol. The Bertz CT molecular complexity index is 1110. The molecule has 3 fully saturated rings. The van der Waals surface area contributed by atoms with Crippen molar-refractivity contribution in [1.82, 2.24) is 5.32 Å². The summed E-state index contributed by atoms with van der Waals surface area (Å²) in [4.78, 5) is 13.6. The maximum atomic E-state index is 14.2. The summed E-state index contributed by atoms with van der Waals surface area (Å²) in [6, 6.07) is 19.3. The van der Waals surface area contributed by atoms with Crippen LogP contribution in [0.1, 0.15) is 29.7 Å². The quantitative estimate of drug-likeness (QED) is 0.401. The van der Waals surface area contributed by atoms with Crippen LogP contribution in [0.4, 0.5) is 9.18 Å². The number of hydrogen-bond donors (Lipinski definition) is 1. The van der Waals surface area contributed by atoms with Gasteiger partial charge in [-0.3, -0.25) is 0 Å². The number of benzene rings is 2. The number of aryl methyl sites for hydroxylation is 1. The van der Waals surface area contributed by atoms with E-state index in [-0.39, 0.29) is 18.0 Å². The van der Waals surface area contributed by atoms with Gasteiger partial charge >= 0.3 is 6.09 Å². The van der Waals surface area contributed by atoms with Crippen LogP contribution >= 0.6 is 11.3 Å². The zero-order valence-corrected chi connectivity index (χ0v) is 20.2. The van der Waals surface area contributed by atoms with E-state index < -0.39 is 0 Å². The van der Waals surface area contributed by atoms with Crippen molar-refractivity contribution in [2.45, 2.75) is 38.3 Å². The van der Waals surface area contributed by atoms with Crippen molar-refractivity contribution in [3.05, 3.63) is 82.3 Å². The molecule has 4 nitrogen and oxygen atoms in total. The Hall–Kier alpha value is -2.70. The highest BCUT2D eigenvalue weighted by Gasteiger charge is 2.47. The van der Waals surface area contributed by atoms with Crippen molar-refractivity contribution in [3.8, 4) is 11.1 Å². The molecule has 6 rings (SSSR count). The lowest BCUT2D eigenvalue weighted by Crippen LogP contribution is -2.64. The van der Waals surface area contributed by atoms with E-state index in [9.17, 15) is 9.18 Å². The van der Waals surface area contributed by atoms with Gasteiger partial charge in [-0.1, -0.05) is 48.5 Å². The Morgan fingerprint density at radius 3 is 2.59 bits per heavy atom. The molecule has 1 aromatic heterocycles. The number of nitrogens with zero attached hydrogens (tertiary/aromatic N) is 1. The van der Waals surface area contributed by atoms with Gasteiger partial charge in [-0.25, -0.2) is 9.18 Å². The van der Waals surface area contributed by atoms with Crippen LogP contribution < -0.4 is 5.32 Å². The molecule has 1 atom stereocenters. The van der Waals surface area contributed by atoms with E-state index in [4.69, 9.17) is 4.74 Å². The van der Waals surface area contributed by atoms with Gasteiger partial charge in [0, 0.05) is 41.2 Å². The Morgan fingerprint density at radius 1 is 1.03 bits per heavy atom. The van der Waals surface area contributed by atoms with Crippen molar-refractivity contribution in [1.29, 1.82) is 0 Å². The van der Waals surface area contributed by atoms with Gasteiger partial charge in [0.2, 0.25) is 0 Å². The second kappa shape index (κ2) is 10.3. The molecular formula is C28H32FN2O2S+. The third kappa shape index (κ3) is 5.18. The fraction of sp³-hybridized carbons (Fsp3) is 0.393. The van der Waals surface area contributed by atoms with Crippen LogP contribution in [0.2, 0.25) is 0 Å². The SMILES string of the molecule is O=C(NCc1sccc1-c1ccccc1F)OC1C[N+]2(CCCc3ccccc3)CCC1CC2. The lowest BCUT2D eigenvalue weighted by Gasteiger charge is -2.52. The van der Waals surface area contributed by atoms with E-state index in [1.807, 2.05) is 17.5 Å². The molecule has 0 spiro atoms. The predicted molar refractivity (Wildman–Crippen MR) is 134 cm³/mol. The molecule has 2 bridgehead atoms. The van der Waals surface area contributed by atoms with Crippen molar-refractivity contribution in [3.63, 3.8) is 0 Å². The van der Waals surface area contributed by atoms with Crippen molar-refractivity contribution < 1.29 is 18.4 Å². The average Bonchev–Trinajstić information content (AvgIpc) is 3.33. The van der Waals surface area contributed by atoms with Gasteiger partial charge in [-0.15, -0.1) is 11.3 Å². The summed E-state index contributed by atoms with van der Waals surface area (Å²) < 4.78 is 21.3. The van der Waals surface area contributed by atoms with Crippen molar-refractivity contribution in [2.24, 2.45) is 5.92 Å². The number of carbonyl (C=O) groups excluding carboxylic acids is 1. The molecule has 0 aliphatic carbocycles. The third-order valence-electron chi connectivity index (χ3n) is 7.54. The van der Waals surface area contributed by atoms with Gasteiger partial charge in [-0.05, 0) is 29.5 Å². The van der Waals surface area contributed by atoms with E-state index >= 15 is 0 Å². The number of fused-ring (bicyclic) bond motifs is 3. The monoisotopic (exact) mass is 479 g/mol. The van der Waals surface area contributed by atoms with E-state index in [0.29, 0.717) is 18.0 Å². The Morgan fingerprint density at radius 2 is 1.79 bits per heavy atom. The number of thiophene rings is 1. The maximum absolute atomic E-state index is 14.2. The Labute approximate surface area is 205 Å². The summed E-state index contributed by atoms with van der Waals surface area (Å²) in [5, 5.41) is 4.85. The first kappa shape index (κ1) is 23.1. The molecule has 178 valence electrons. The van der Waals surface area contributed by atoms with E-state index in [1.54, 1.807) is 12.1 Å². The molecule has 1 unspecified atom stereocenters. The van der Waals surface area contributed by atoms with Gasteiger partial charge in [0.1, 0.15) is 12.4 Å². The first-order valence-corrected chi connectivity index (χ1v) is 13.1. The van der Waals surface area contributed by atoms with Gasteiger partial charge < -0.3 is 14.5 Å². The number of piperidine rings is 3. The fourth-order valence-electron chi connectivity index (χ4n) is 5.66. The average molecular weight is 480 g/mol. The number of nitrogens with one attached hydrogen (secondary N) is 1. The van der Waals surface area contributed by atoms with Crippen LogP contribution in [-0.2, 0) is 17.7 Å². The molecule has 0 saturated carbocycles. The second-order valence-corrected chi connectivity index (χ2v) is 10.7. The largest absolute Gasteiger partial charge is 0.440 e. The Kier molecular flexibility index (Phi) is 6.97. The third-order valence-corrected chi connectivity index (χ3v) is 8.46. The number of rotatable bonds is 8. The normalized spacial score (nSPS) is 23.6. The highest BCUT2D eigenvalue weighted by atomic mass is 32.1. The topological polar surface area (TPSA) is 38.3 Å². The number of ether oxygens (including phenoxy) is 1. The number of amides is 1. The summed E-state index contributed by atoms with van der Waals surface area (Å²) in [7, 11) is 0. The lowest BCUT2D eigenvalue weighted by atomic mass is 9.83. The predicted octanol–water partition coefficient (Wildman–Crippen LogP) is 6.02. The zero-order chi connectivity index (χ0) is 23.4. The van der Waals surface area contributed by atoms with Gasteiger partial charge in [0.25, 0.3) is 0 Å². The smallest absolute Gasteiger partial charge is 0.407 e. The highest BCUT2D eigenvalue weighted by Crippen LogP contribution is 2.36. The van der Waals surface area contributed by atoms with Crippen LogP contribution in [0.15, 0.2) is 66.0 Å². The number of hydrogen-bond acceptors (Lipinski definition) is 3. The maximum Gasteiger partial charge on any atom is 0.407 e. The summed E-state index contributed by atoms with van der Waals surface area (Å²) in [6.07, 6.45) is 4.13. The fourth-order valence-corrected chi connectivity index (χ4v) is 6.49. The molecule has 1 amide bonds. The summed E-state index contributed by atoms with van der Waals surface area (Å²) >= 11 is 1.52. The molecule has 3 aliphatic heterocycles. The van der Waals surface area contributed by atoms with Gasteiger partial charge in [0.05, 0.1) is 26.2 Å². The summed E-state index contributed by atoms with van der Waals surface area (Å²) in [5.41, 5.74) is 2.78. The van der Waals surface area contributed by atoms with Crippen LogP contribution in [-0.4, -0.2) is 42.9 Å². The van der Waals surface area contributed by atoms with E-state index in [0.717, 1.165) is 53.7 Å². The molecule has 1 N–H and O–H groups in total. The molecule has 0 radical (unpaired) electrons. The molecule has 3 aliphatic rings. The minimum Gasteiger partial charge on any atom is -0.440 e. The summed E-state index contributed by atoms with van der Waals surface area (Å²) in [5.74, 6) is 0.217. The van der Waals surface area contributed by atoms with Crippen LogP contribution in [0.5, 0.6) is 0 Å². The lowest BCUT2D eigenvalue weighted by molar-refractivity contribution is -0.946. The second-order valence-electron chi connectivity index (χ2n) is 9.66. The molecule has 3 aromatic rings.